The van der Waals surface area contributed by atoms with Gasteiger partial charge in [-0.25, -0.2) is 14.4 Å². The molecule has 0 bridgehead atoms. The average molecular weight is 551 g/mol. The third-order valence-electron chi connectivity index (χ3n) is 4.96. The van der Waals surface area contributed by atoms with Crippen molar-refractivity contribution in [1.82, 2.24) is 35.4 Å². The zero-order chi connectivity index (χ0) is 21.6. The Labute approximate surface area is 202 Å². The number of hydrogen-bond donors (Lipinski definition) is 4. The molecule has 0 radical (unpaired) electrons. The Balaban J connectivity index is 0.00000289. The van der Waals surface area contributed by atoms with E-state index in [1.165, 1.54) is 18.5 Å². The Kier molecular flexibility index (Phi) is 8.20. The maximum atomic E-state index is 13.3. The van der Waals surface area contributed by atoms with Crippen LogP contribution in [0, 0.1) is 5.82 Å². The van der Waals surface area contributed by atoms with Gasteiger partial charge in [-0.2, -0.15) is 5.10 Å². The first-order chi connectivity index (χ1) is 15.2. The average Bonchev–Trinajstić information content (AvgIpc) is 3.35. The molecule has 1 aromatic carbocycles. The summed E-state index contributed by atoms with van der Waals surface area (Å²) in [4.78, 5) is 16.3. The topological polar surface area (TPSA) is 108 Å². The normalized spacial score (nSPS) is 11.5. The third kappa shape index (κ3) is 5.44. The summed E-state index contributed by atoms with van der Waals surface area (Å²) < 4.78 is 15.1. The molecule has 0 saturated heterocycles. The van der Waals surface area contributed by atoms with Crippen LogP contribution in [0.4, 0.5) is 10.2 Å². The van der Waals surface area contributed by atoms with Gasteiger partial charge in [0.1, 0.15) is 18.0 Å². The number of halogens is 2. The summed E-state index contributed by atoms with van der Waals surface area (Å²) in [6.45, 7) is 4.76. The van der Waals surface area contributed by atoms with Crippen LogP contribution in [-0.4, -0.2) is 56.9 Å². The minimum Gasteiger partial charge on any atom is -0.368 e. The Bertz CT molecular complexity index is 1200. The van der Waals surface area contributed by atoms with Crippen LogP contribution in [0.15, 0.2) is 41.9 Å². The number of anilines is 1. The molecule has 0 aliphatic heterocycles. The number of hydrogen-bond acceptors (Lipinski definition) is 5. The molecule has 0 fully saturated rings. The number of fused-ring (bicyclic) bond motifs is 2. The van der Waals surface area contributed by atoms with Gasteiger partial charge in [-0.15, -0.1) is 24.0 Å². The molecule has 4 aromatic rings. The summed E-state index contributed by atoms with van der Waals surface area (Å²) >= 11 is 0. The van der Waals surface area contributed by atoms with E-state index in [0.29, 0.717) is 19.6 Å². The molecule has 9 nitrogen and oxygen atoms in total. The Hall–Kier alpha value is -2.96. The van der Waals surface area contributed by atoms with Crippen molar-refractivity contribution in [2.45, 2.75) is 13.3 Å². The smallest absolute Gasteiger partial charge is 0.191 e. The summed E-state index contributed by atoms with van der Waals surface area (Å²) in [5.74, 6) is 1.28. The van der Waals surface area contributed by atoms with Gasteiger partial charge in [-0.1, -0.05) is 0 Å². The lowest BCUT2D eigenvalue weighted by Gasteiger charge is -2.12. The van der Waals surface area contributed by atoms with Gasteiger partial charge < -0.3 is 20.9 Å². The zero-order valence-corrected chi connectivity index (χ0v) is 20.4. The lowest BCUT2D eigenvalue weighted by Crippen LogP contribution is -2.39. The van der Waals surface area contributed by atoms with Crippen LogP contribution in [0.5, 0.6) is 0 Å². The van der Waals surface area contributed by atoms with Crippen molar-refractivity contribution in [3.05, 3.63) is 48.3 Å². The molecule has 4 rings (SSSR count). The van der Waals surface area contributed by atoms with E-state index in [1.807, 2.05) is 26.2 Å². The molecule has 0 aliphatic rings. The molecule has 0 spiro atoms. The molecule has 0 atom stereocenters. The van der Waals surface area contributed by atoms with Gasteiger partial charge in [0.05, 0.1) is 11.6 Å². The summed E-state index contributed by atoms with van der Waals surface area (Å²) in [7, 11) is 1.86. The fourth-order valence-electron chi connectivity index (χ4n) is 3.46. The lowest BCUT2D eigenvalue weighted by molar-refractivity contribution is 0.629. The molecule has 0 aliphatic carbocycles. The first kappa shape index (κ1) is 23.7. The van der Waals surface area contributed by atoms with Crippen molar-refractivity contribution in [3.63, 3.8) is 0 Å². The van der Waals surface area contributed by atoms with Crippen molar-refractivity contribution >= 4 is 57.7 Å². The highest BCUT2D eigenvalue weighted by Crippen LogP contribution is 2.19. The zero-order valence-electron chi connectivity index (χ0n) is 18.0. The second kappa shape index (κ2) is 11.1. The van der Waals surface area contributed by atoms with Crippen molar-refractivity contribution in [3.8, 4) is 0 Å². The SMILES string of the molecule is CCNC(=NCCc1c[nH]c2cc(F)ccc12)NCCNc1ncnc2c1cnn2C.I. The van der Waals surface area contributed by atoms with Crippen molar-refractivity contribution in [2.24, 2.45) is 12.0 Å². The molecule has 4 N–H and O–H groups in total. The van der Waals surface area contributed by atoms with E-state index in [0.717, 1.165) is 52.2 Å². The maximum Gasteiger partial charge on any atom is 0.191 e. The number of aliphatic imine (C=N–C) groups is 1. The fraction of sp³-hybridized carbons (Fsp3) is 0.333. The van der Waals surface area contributed by atoms with E-state index >= 15 is 0 Å². The van der Waals surface area contributed by atoms with Gasteiger partial charge in [0.25, 0.3) is 0 Å². The van der Waals surface area contributed by atoms with E-state index in [4.69, 9.17) is 0 Å². The Morgan fingerprint density at radius 3 is 2.91 bits per heavy atom. The largest absolute Gasteiger partial charge is 0.368 e. The predicted octanol–water partition coefficient (Wildman–Crippen LogP) is 2.81. The van der Waals surface area contributed by atoms with E-state index in [2.05, 4.69) is 41.0 Å². The molecule has 32 heavy (non-hydrogen) atoms. The minimum atomic E-state index is -0.239. The van der Waals surface area contributed by atoms with Crippen molar-refractivity contribution in [2.75, 3.05) is 31.5 Å². The number of benzene rings is 1. The lowest BCUT2D eigenvalue weighted by atomic mass is 10.1. The van der Waals surface area contributed by atoms with Crippen LogP contribution in [0.2, 0.25) is 0 Å². The summed E-state index contributed by atoms with van der Waals surface area (Å²) in [5.41, 5.74) is 2.73. The van der Waals surface area contributed by atoms with Crippen LogP contribution in [-0.2, 0) is 13.5 Å². The van der Waals surface area contributed by atoms with E-state index in [1.54, 1.807) is 10.9 Å². The molecule has 0 amide bonds. The number of aromatic nitrogens is 5. The van der Waals surface area contributed by atoms with E-state index < -0.39 is 0 Å². The maximum absolute atomic E-state index is 13.3. The van der Waals surface area contributed by atoms with Crippen molar-refractivity contribution < 1.29 is 4.39 Å². The highest BCUT2D eigenvalue weighted by molar-refractivity contribution is 14.0. The number of nitrogens with zero attached hydrogens (tertiary/aromatic N) is 5. The van der Waals surface area contributed by atoms with E-state index in [-0.39, 0.29) is 29.8 Å². The first-order valence-electron chi connectivity index (χ1n) is 10.3. The molecule has 0 saturated carbocycles. The summed E-state index contributed by atoms with van der Waals surface area (Å²) in [5, 5.41) is 16.0. The molecule has 170 valence electrons. The van der Waals surface area contributed by atoms with Gasteiger partial charge in [0, 0.05) is 50.3 Å². The van der Waals surface area contributed by atoms with Crippen LogP contribution in [0.1, 0.15) is 12.5 Å². The second-order valence-electron chi connectivity index (χ2n) is 7.10. The van der Waals surface area contributed by atoms with Crippen LogP contribution in [0.3, 0.4) is 0 Å². The van der Waals surface area contributed by atoms with Crippen LogP contribution >= 0.6 is 24.0 Å². The standard InChI is InChI=1S/C21H26FN9.HI/c1-3-23-21(25-7-6-14-11-27-18-10-15(22)4-5-16(14)18)26-9-8-24-19-17-12-30-31(2)20(17)29-13-28-19;/h4-5,10-13,27H,3,6-9H2,1-2H3,(H2,23,25,26)(H,24,28,29);1H. The van der Waals surface area contributed by atoms with Crippen LogP contribution < -0.4 is 16.0 Å². The number of rotatable bonds is 8. The number of aryl methyl sites for hydroxylation is 1. The number of guanidine groups is 1. The number of nitrogens with one attached hydrogen (secondary N) is 4. The predicted molar refractivity (Wildman–Crippen MR) is 136 cm³/mol. The second-order valence-corrected chi connectivity index (χ2v) is 7.10. The minimum absolute atomic E-state index is 0. The molecule has 11 heteroatoms. The van der Waals surface area contributed by atoms with Gasteiger partial charge in [-0.3, -0.25) is 9.67 Å². The van der Waals surface area contributed by atoms with Gasteiger partial charge in [-0.05, 0) is 37.1 Å². The van der Waals surface area contributed by atoms with Gasteiger partial charge >= 0.3 is 0 Å². The molecule has 3 heterocycles. The molecular weight excluding hydrogens is 524 g/mol. The highest BCUT2D eigenvalue weighted by atomic mass is 127. The highest BCUT2D eigenvalue weighted by Gasteiger charge is 2.07. The van der Waals surface area contributed by atoms with E-state index in [9.17, 15) is 4.39 Å². The van der Waals surface area contributed by atoms with Gasteiger partial charge in [0.15, 0.2) is 11.6 Å². The Morgan fingerprint density at radius 1 is 1.19 bits per heavy atom. The van der Waals surface area contributed by atoms with Gasteiger partial charge in [0.2, 0.25) is 0 Å². The molecular formula is C21H27FIN9. The molecule has 0 unspecified atom stereocenters. The number of H-pyrrole nitrogens is 1. The monoisotopic (exact) mass is 551 g/mol. The first-order valence-corrected chi connectivity index (χ1v) is 10.3. The third-order valence-corrected chi connectivity index (χ3v) is 4.96. The van der Waals surface area contributed by atoms with Crippen LogP contribution in [0.25, 0.3) is 21.9 Å². The summed E-state index contributed by atoms with van der Waals surface area (Å²) in [6, 6.07) is 4.80. The molecule has 3 aromatic heterocycles. The number of aromatic amines is 1. The van der Waals surface area contributed by atoms with Crippen molar-refractivity contribution in [1.29, 1.82) is 0 Å². The Morgan fingerprint density at radius 2 is 2.06 bits per heavy atom. The fourth-order valence-corrected chi connectivity index (χ4v) is 3.46. The quantitative estimate of drug-likeness (QED) is 0.116. The summed E-state index contributed by atoms with van der Waals surface area (Å²) in [6.07, 6.45) is 5.98.